The van der Waals surface area contributed by atoms with Crippen LogP contribution in [0, 0.1) is 0 Å². The van der Waals surface area contributed by atoms with Crippen molar-refractivity contribution in [1.29, 1.82) is 0 Å². The van der Waals surface area contributed by atoms with E-state index in [1.165, 1.54) is 0 Å². The lowest BCUT2D eigenvalue weighted by Gasteiger charge is -2.31. The molecule has 0 aliphatic carbocycles. The summed E-state index contributed by atoms with van der Waals surface area (Å²) in [5, 5.41) is 21.2. The molecule has 0 aromatic carbocycles. The van der Waals surface area contributed by atoms with Crippen molar-refractivity contribution in [3.8, 4) is 0 Å². The monoisotopic (exact) mass is 211 g/mol. The van der Waals surface area contributed by atoms with E-state index in [0.717, 1.165) is 6.26 Å². The Kier molecular flexibility index (Phi) is 3.25. The first-order valence-corrected chi connectivity index (χ1v) is 5.67. The number of β-amino-alcohol motifs (C(OH)–C–C–N with tert-alkyl or cyclic N) is 1. The van der Waals surface area contributed by atoms with Crippen molar-refractivity contribution in [3.05, 3.63) is 0 Å². The average molecular weight is 211 g/mol. The van der Waals surface area contributed by atoms with E-state index >= 15 is 0 Å². The molecule has 6 nitrogen and oxygen atoms in total. The van der Waals surface area contributed by atoms with Crippen LogP contribution in [0.2, 0.25) is 0 Å². The van der Waals surface area contributed by atoms with Gasteiger partial charge in [0, 0.05) is 13.1 Å². The number of piperidine rings is 1. The van der Waals surface area contributed by atoms with Crippen LogP contribution in [0.5, 0.6) is 0 Å². The zero-order valence-corrected chi connectivity index (χ0v) is 7.99. The lowest BCUT2D eigenvalue weighted by molar-refractivity contribution is -0.0629. The molecule has 1 saturated heterocycles. The van der Waals surface area contributed by atoms with Crippen molar-refractivity contribution in [2.45, 2.75) is 18.3 Å². The molecule has 1 fully saturated rings. The molecule has 0 amide bonds. The molecule has 0 radical (unpaired) electrons. The Morgan fingerprint density at radius 3 is 2.54 bits per heavy atom. The maximum Gasteiger partial charge on any atom is 0.264 e. The SMILES string of the molecule is CS(=O)(=O)OC1CNCC(O)C1O. The second kappa shape index (κ2) is 3.89. The van der Waals surface area contributed by atoms with Gasteiger partial charge >= 0.3 is 0 Å². The predicted molar refractivity (Wildman–Crippen MR) is 44.6 cm³/mol. The van der Waals surface area contributed by atoms with Gasteiger partial charge in [0.05, 0.1) is 12.4 Å². The molecule has 3 atom stereocenters. The summed E-state index contributed by atoms with van der Waals surface area (Å²) in [6.07, 6.45) is -2.14. The van der Waals surface area contributed by atoms with Crippen molar-refractivity contribution in [1.82, 2.24) is 5.32 Å². The molecule has 0 saturated carbocycles. The third-order valence-corrected chi connectivity index (χ3v) is 2.37. The minimum Gasteiger partial charge on any atom is -0.389 e. The number of hydrogen-bond acceptors (Lipinski definition) is 6. The van der Waals surface area contributed by atoms with Crippen LogP contribution in [0.1, 0.15) is 0 Å². The van der Waals surface area contributed by atoms with Crippen LogP contribution < -0.4 is 5.32 Å². The summed E-state index contributed by atoms with van der Waals surface area (Å²) >= 11 is 0. The summed E-state index contributed by atoms with van der Waals surface area (Å²) in [6, 6.07) is 0. The quantitative estimate of drug-likeness (QED) is 0.443. The van der Waals surface area contributed by atoms with Crippen LogP contribution in [0.4, 0.5) is 0 Å². The first-order chi connectivity index (χ1) is 5.90. The predicted octanol–water partition coefficient (Wildman–Crippen LogP) is -2.34. The lowest BCUT2D eigenvalue weighted by atomic mass is 10.0. The van der Waals surface area contributed by atoms with E-state index in [1.54, 1.807) is 0 Å². The fourth-order valence-electron chi connectivity index (χ4n) is 1.18. The van der Waals surface area contributed by atoms with Crippen LogP contribution in [0.15, 0.2) is 0 Å². The van der Waals surface area contributed by atoms with E-state index in [1.807, 2.05) is 0 Å². The Balaban J connectivity index is 2.59. The van der Waals surface area contributed by atoms with E-state index in [4.69, 9.17) is 5.11 Å². The van der Waals surface area contributed by atoms with E-state index in [0.29, 0.717) is 0 Å². The molecule has 3 N–H and O–H groups in total. The highest BCUT2D eigenvalue weighted by Gasteiger charge is 2.33. The largest absolute Gasteiger partial charge is 0.389 e. The van der Waals surface area contributed by atoms with Crippen molar-refractivity contribution in [3.63, 3.8) is 0 Å². The molecule has 0 aromatic rings. The lowest BCUT2D eigenvalue weighted by Crippen LogP contribution is -2.54. The number of aliphatic hydroxyl groups excluding tert-OH is 2. The van der Waals surface area contributed by atoms with Crippen LogP contribution >= 0.6 is 0 Å². The van der Waals surface area contributed by atoms with E-state index in [9.17, 15) is 13.5 Å². The Bertz CT molecular complexity index is 264. The van der Waals surface area contributed by atoms with Crippen molar-refractivity contribution >= 4 is 10.1 Å². The van der Waals surface area contributed by atoms with Gasteiger partial charge in [0.2, 0.25) is 0 Å². The normalized spacial score (nSPS) is 36.1. The van der Waals surface area contributed by atoms with Gasteiger partial charge in [-0.15, -0.1) is 0 Å². The van der Waals surface area contributed by atoms with Crippen LogP contribution in [-0.4, -0.2) is 56.3 Å². The molecule has 1 aliphatic rings. The van der Waals surface area contributed by atoms with Gasteiger partial charge in [0.25, 0.3) is 10.1 Å². The maximum atomic E-state index is 10.7. The van der Waals surface area contributed by atoms with Crippen LogP contribution in [0.25, 0.3) is 0 Å². The molecule has 1 aliphatic heterocycles. The van der Waals surface area contributed by atoms with Gasteiger partial charge in [0.1, 0.15) is 12.2 Å². The summed E-state index contributed by atoms with van der Waals surface area (Å²) < 4.78 is 26.0. The zero-order valence-electron chi connectivity index (χ0n) is 7.17. The van der Waals surface area contributed by atoms with Crippen molar-refractivity contribution in [2.75, 3.05) is 19.3 Å². The van der Waals surface area contributed by atoms with Crippen LogP contribution in [-0.2, 0) is 14.3 Å². The second-order valence-electron chi connectivity index (χ2n) is 3.05. The fourth-order valence-corrected chi connectivity index (χ4v) is 1.81. The summed E-state index contributed by atoms with van der Waals surface area (Å²) in [6.45, 7) is 0.454. The summed E-state index contributed by atoms with van der Waals surface area (Å²) in [4.78, 5) is 0. The van der Waals surface area contributed by atoms with Crippen molar-refractivity contribution < 1.29 is 22.8 Å². The smallest absolute Gasteiger partial charge is 0.264 e. The third kappa shape index (κ3) is 3.20. The average Bonchev–Trinajstić information content (AvgIpc) is 1.96. The number of rotatable bonds is 2. The first-order valence-electron chi connectivity index (χ1n) is 3.85. The molecule has 3 unspecified atom stereocenters. The molecule has 78 valence electrons. The van der Waals surface area contributed by atoms with E-state index < -0.39 is 28.4 Å². The van der Waals surface area contributed by atoms with Gasteiger partial charge in [0.15, 0.2) is 0 Å². The molecule has 0 bridgehead atoms. The minimum atomic E-state index is -3.59. The third-order valence-electron chi connectivity index (χ3n) is 1.77. The molecule has 1 rings (SSSR count). The Morgan fingerprint density at radius 2 is 2.00 bits per heavy atom. The molecule has 13 heavy (non-hydrogen) atoms. The standard InChI is InChI=1S/C6H13NO5S/c1-13(10,11)12-5-3-7-2-4(8)6(5)9/h4-9H,2-3H2,1H3. The summed E-state index contributed by atoms with van der Waals surface area (Å²) in [7, 11) is -3.59. The van der Waals surface area contributed by atoms with Gasteiger partial charge in [-0.2, -0.15) is 8.42 Å². The van der Waals surface area contributed by atoms with Crippen molar-refractivity contribution in [2.24, 2.45) is 0 Å². The molecule has 0 spiro atoms. The first kappa shape index (κ1) is 10.9. The van der Waals surface area contributed by atoms with E-state index in [-0.39, 0.29) is 13.1 Å². The molecular formula is C6H13NO5S. The number of nitrogens with one attached hydrogen (secondary N) is 1. The van der Waals surface area contributed by atoms with Gasteiger partial charge in [-0.3, -0.25) is 4.18 Å². The Morgan fingerprint density at radius 1 is 1.38 bits per heavy atom. The number of hydrogen-bond donors (Lipinski definition) is 3. The second-order valence-corrected chi connectivity index (χ2v) is 4.66. The summed E-state index contributed by atoms with van der Waals surface area (Å²) in [5.41, 5.74) is 0. The highest BCUT2D eigenvalue weighted by molar-refractivity contribution is 7.86. The van der Waals surface area contributed by atoms with Gasteiger partial charge in [-0.1, -0.05) is 0 Å². The highest BCUT2D eigenvalue weighted by Crippen LogP contribution is 2.10. The molecule has 0 aromatic heterocycles. The molecular weight excluding hydrogens is 198 g/mol. The maximum absolute atomic E-state index is 10.7. The van der Waals surface area contributed by atoms with Gasteiger partial charge < -0.3 is 15.5 Å². The zero-order chi connectivity index (χ0) is 10.1. The fraction of sp³-hybridized carbons (Fsp3) is 1.00. The summed E-state index contributed by atoms with van der Waals surface area (Å²) in [5.74, 6) is 0. The van der Waals surface area contributed by atoms with E-state index in [2.05, 4.69) is 9.50 Å². The topological polar surface area (TPSA) is 95.9 Å². The van der Waals surface area contributed by atoms with Gasteiger partial charge in [-0.25, -0.2) is 0 Å². The Hall–Kier alpha value is -0.210. The van der Waals surface area contributed by atoms with Gasteiger partial charge in [-0.05, 0) is 0 Å². The highest BCUT2D eigenvalue weighted by atomic mass is 32.2. The Labute approximate surface area is 76.6 Å². The molecule has 7 heteroatoms. The van der Waals surface area contributed by atoms with Crippen LogP contribution in [0.3, 0.4) is 0 Å². The molecule has 1 heterocycles. The number of aliphatic hydroxyl groups is 2. The minimum absolute atomic E-state index is 0.214.